The zero-order chi connectivity index (χ0) is 22.1. The number of nitrogens with one attached hydrogen (secondary N) is 1. The van der Waals surface area contributed by atoms with Crippen LogP contribution in [0.15, 0.2) is 64.2 Å². The second kappa shape index (κ2) is 11.0. The smallest absolute Gasteiger partial charge is 0.330 e. The van der Waals surface area contributed by atoms with Gasteiger partial charge >= 0.3 is 5.97 Å². The highest BCUT2D eigenvalue weighted by molar-refractivity contribution is 7.99. The molecule has 0 bridgehead atoms. The maximum Gasteiger partial charge on any atom is 0.330 e. The molecule has 31 heavy (non-hydrogen) atoms. The van der Waals surface area contributed by atoms with Gasteiger partial charge in [-0.2, -0.15) is 0 Å². The van der Waals surface area contributed by atoms with E-state index in [1.54, 1.807) is 56.5 Å². The lowest BCUT2D eigenvalue weighted by Crippen LogP contribution is -2.13. The van der Waals surface area contributed by atoms with Crippen molar-refractivity contribution in [1.29, 1.82) is 0 Å². The Morgan fingerprint density at radius 3 is 2.52 bits per heavy atom. The van der Waals surface area contributed by atoms with Crippen molar-refractivity contribution in [2.45, 2.75) is 12.1 Å². The van der Waals surface area contributed by atoms with Gasteiger partial charge in [0, 0.05) is 17.3 Å². The molecule has 0 aliphatic rings. The van der Waals surface area contributed by atoms with Crippen molar-refractivity contribution < 1.29 is 23.5 Å². The van der Waals surface area contributed by atoms with E-state index in [9.17, 15) is 9.59 Å². The number of benzene rings is 2. The third-order valence-electron chi connectivity index (χ3n) is 3.96. The monoisotopic (exact) mass is 439 g/mol. The summed E-state index contributed by atoms with van der Waals surface area (Å²) in [6.07, 6.45) is 3.01. The Labute approximate surface area is 183 Å². The third-order valence-corrected chi connectivity index (χ3v) is 4.78. The van der Waals surface area contributed by atoms with Crippen LogP contribution in [0.25, 0.3) is 17.5 Å². The molecular weight excluding hydrogens is 418 g/mol. The highest BCUT2D eigenvalue weighted by Gasteiger charge is 2.11. The van der Waals surface area contributed by atoms with Crippen LogP contribution in [0, 0.1) is 0 Å². The maximum absolute atomic E-state index is 12.2. The molecule has 0 aliphatic heterocycles. The molecule has 8 nitrogen and oxygen atoms in total. The first kappa shape index (κ1) is 22.1. The topological polar surface area (TPSA) is 104 Å². The zero-order valence-corrected chi connectivity index (χ0v) is 17.8. The van der Waals surface area contributed by atoms with Crippen LogP contribution in [0.4, 0.5) is 5.69 Å². The maximum atomic E-state index is 12.2. The summed E-state index contributed by atoms with van der Waals surface area (Å²) < 4.78 is 15.6. The number of carbonyl (C=O) groups is 2. The number of carbonyl (C=O) groups excluding carboxylic acids is 2. The van der Waals surface area contributed by atoms with Gasteiger partial charge < -0.3 is 19.2 Å². The molecule has 0 aliphatic carbocycles. The van der Waals surface area contributed by atoms with Gasteiger partial charge in [-0.15, -0.1) is 10.2 Å². The van der Waals surface area contributed by atoms with Crippen LogP contribution < -0.4 is 10.1 Å². The molecule has 0 radical (unpaired) electrons. The lowest BCUT2D eigenvalue weighted by molar-refractivity contribution is -0.137. The Balaban J connectivity index is 1.49. The number of amides is 1. The minimum Gasteiger partial charge on any atom is -0.497 e. The largest absolute Gasteiger partial charge is 0.497 e. The standard InChI is InChI=1S/C22H21N3O5S/c1-3-29-20(27)13-6-15-4-9-17(10-5-15)23-19(26)14-31-22-25-24-21(30-22)16-7-11-18(28-2)12-8-16/h4-13H,3,14H2,1-2H3,(H,23,26)/b13-6+. The van der Waals surface area contributed by atoms with Crippen molar-refractivity contribution in [3.8, 4) is 17.2 Å². The number of anilines is 1. The van der Waals surface area contributed by atoms with Crippen LogP contribution in [0.2, 0.25) is 0 Å². The molecule has 0 spiro atoms. The molecule has 0 atom stereocenters. The fraction of sp³-hybridized carbons (Fsp3) is 0.182. The van der Waals surface area contributed by atoms with Crippen LogP contribution in [0.1, 0.15) is 12.5 Å². The fourth-order valence-corrected chi connectivity index (χ4v) is 3.04. The fourth-order valence-electron chi connectivity index (χ4n) is 2.47. The summed E-state index contributed by atoms with van der Waals surface area (Å²) in [5.74, 6) is 0.626. The van der Waals surface area contributed by atoms with E-state index in [0.717, 1.165) is 28.6 Å². The van der Waals surface area contributed by atoms with Crippen molar-refractivity contribution >= 4 is 35.4 Å². The van der Waals surface area contributed by atoms with Crippen LogP contribution in [-0.2, 0) is 14.3 Å². The molecule has 2 aromatic carbocycles. The van der Waals surface area contributed by atoms with Crippen LogP contribution in [0.3, 0.4) is 0 Å². The van der Waals surface area contributed by atoms with Gasteiger partial charge in [0.1, 0.15) is 5.75 Å². The summed E-state index contributed by atoms with van der Waals surface area (Å²) >= 11 is 1.15. The molecule has 1 N–H and O–H groups in total. The van der Waals surface area contributed by atoms with Crippen molar-refractivity contribution in [3.63, 3.8) is 0 Å². The molecule has 9 heteroatoms. The van der Waals surface area contributed by atoms with E-state index in [4.69, 9.17) is 13.9 Å². The number of hydrogen-bond acceptors (Lipinski definition) is 8. The Bertz CT molecular complexity index is 1050. The second-order valence-corrected chi connectivity index (χ2v) is 7.07. The molecular formula is C22H21N3O5S. The zero-order valence-electron chi connectivity index (χ0n) is 17.0. The van der Waals surface area contributed by atoms with Gasteiger partial charge in [-0.1, -0.05) is 23.9 Å². The SMILES string of the molecule is CCOC(=O)/C=C/c1ccc(NC(=O)CSc2nnc(-c3ccc(OC)cc3)o2)cc1. The molecule has 1 aromatic heterocycles. The summed E-state index contributed by atoms with van der Waals surface area (Å²) in [4.78, 5) is 23.5. The van der Waals surface area contributed by atoms with Gasteiger partial charge in [0.25, 0.3) is 5.22 Å². The minimum absolute atomic E-state index is 0.120. The molecule has 3 aromatic rings. The van der Waals surface area contributed by atoms with E-state index in [-0.39, 0.29) is 11.7 Å². The quantitative estimate of drug-likeness (QED) is 0.303. The Morgan fingerprint density at radius 2 is 1.84 bits per heavy atom. The van der Waals surface area contributed by atoms with Crippen molar-refractivity contribution in [3.05, 3.63) is 60.2 Å². The molecule has 0 saturated heterocycles. The van der Waals surface area contributed by atoms with Crippen molar-refractivity contribution in [2.75, 3.05) is 24.8 Å². The van der Waals surface area contributed by atoms with Crippen molar-refractivity contribution in [2.24, 2.45) is 0 Å². The number of esters is 1. The summed E-state index contributed by atoms with van der Waals surface area (Å²) in [5.41, 5.74) is 2.22. The predicted molar refractivity (Wildman–Crippen MR) is 118 cm³/mol. The highest BCUT2D eigenvalue weighted by atomic mass is 32.2. The number of aromatic nitrogens is 2. The Hall–Kier alpha value is -3.59. The number of thioether (sulfide) groups is 1. The molecule has 1 amide bonds. The lowest BCUT2D eigenvalue weighted by atomic mass is 10.2. The molecule has 0 fully saturated rings. The number of rotatable bonds is 9. The molecule has 0 unspecified atom stereocenters. The average molecular weight is 439 g/mol. The Morgan fingerprint density at radius 1 is 1.10 bits per heavy atom. The molecule has 3 rings (SSSR count). The van der Waals surface area contributed by atoms with E-state index >= 15 is 0 Å². The van der Waals surface area contributed by atoms with Gasteiger partial charge in [0.05, 0.1) is 19.5 Å². The van der Waals surface area contributed by atoms with E-state index in [2.05, 4.69) is 15.5 Å². The van der Waals surface area contributed by atoms with Crippen LogP contribution in [0.5, 0.6) is 5.75 Å². The van der Waals surface area contributed by atoms with E-state index in [0.29, 0.717) is 23.4 Å². The minimum atomic E-state index is -0.395. The van der Waals surface area contributed by atoms with Gasteiger partial charge in [0.15, 0.2) is 0 Å². The average Bonchev–Trinajstić information content (AvgIpc) is 3.27. The summed E-state index contributed by atoms with van der Waals surface area (Å²) in [6.45, 7) is 2.08. The molecule has 1 heterocycles. The first-order chi connectivity index (χ1) is 15.1. The Kier molecular flexibility index (Phi) is 7.83. The lowest BCUT2D eigenvalue weighted by Gasteiger charge is -2.04. The molecule has 0 saturated carbocycles. The van der Waals surface area contributed by atoms with Gasteiger partial charge in [-0.05, 0) is 55.0 Å². The number of nitrogens with zero attached hydrogens (tertiary/aromatic N) is 2. The first-order valence-electron chi connectivity index (χ1n) is 9.43. The van der Waals surface area contributed by atoms with E-state index < -0.39 is 5.97 Å². The third kappa shape index (κ3) is 6.71. The molecule has 160 valence electrons. The number of methoxy groups -OCH3 is 1. The first-order valence-corrected chi connectivity index (χ1v) is 10.4. The van der Waals surface area contributed by atoms with Crippen molar-refractivity contribution in [1.82, 2.24) is 10.2 Å². The van der Waals surface area contributed by atoms with Gasteiger partial charge in [-0.25, -0.2) is 4.79 Å². The van der Waals surface area contributed by atoms with E-state index in [1.807, 2.05) is 12.1 Å². The van der Waals surface area contributed by atoms with Gasteiger partial charge in [0.2, 0.25) is 11.8 Å². The van der Waals surface area contributed by atoms with E-state index in [1.165, 1.54) is 6.08 Å². The van der Waals surface area contributed by atoms with Crippen LogP contribution >= 0.6 is 11.8 Å². The second-order valence-electron chi connectivity index (χ2n) is 6.15. The summed E-state index contributed by atoms with van der Waals surface area (Å²) in [5, 5.41) is 11.1. The number of ether oxygens (including phenoxy) is 2. The predicted octanol–water partition coefficient (Wildman–Crippen LogP) is 4.05. The highest BCUT2D eigenvalue weighted by Crippen LogP contribution is 2.25. The van der Waals surface area contributed by atoms with Gasteiger partial charge in [-0.3, -0.25) is 4.79 Å². The number of hydrogen-bond donors (Lipinski definition) is 1. The van der Waals surface area contributed by atoms with Crippen LogP contribution in [-0.4, -0.2) is 41.5 Å². The summed E-state index contributed by atoms with van der Waals surface area (Å²) in [6, 6.07) is 14.3. The summed E-state index contributed by atoms with van der Waals surface area (Å²) in [7, 11) is 1.60. The normalized spacial score (nSPS) is 10.8.